The van der Waals surface area contributed by atoms with Gasteiger partial charge in [-0.3, -0.25) is 10.1 Å². The Kier molecular flexibility index (Phi) is 5.82. The zero-order valence-corrected chi connectivity index (χ0v) is 17.4. The number of alkyl carbamates (subject to hydrolysis) is 1. The summed E-state index contributed by atoms with van der Waals surface area (Å²) in [4.78, 5) is 23.3. The van der Waals surface area contributed by atoms with Gasteiger partial charge in [-0.1, -0.05) is 11.6 Å². The van der Waals surface area contributed by atoms with E-state index >= 15 is 0 Å². The molecule has 2 aliphatic heterocycles. The molecular weight excluding hydrogens is 390 g/mol. The number of rotatable bonds is 6. The molecule has 3 aliphatic rings. The highest BCUT2D eigenvalue weighted by atomic mass is 35.5. The Bertz CT molecular complexity index is 675. The molecule has 2 amide bonds. The zero-order valence-electron chi connectivity index (χ0n) is 16.6. The van der Waals surface area contributed by atoms with Crippen LogP contribution in [0.2, 0.25) is 0 Å². The first-order chi connectivity index (χ1) is 13.1. The fourth-order valence-electron chi connectivity index (χ4n) is 4.40. The molecule has 1 saturated carbocycles. The lowest BCUT2D eigenvalue weighted by Crippen LogP contribution is -2.70. The number of hydrogen-bond acceptors (Lipinski definition) is 7. The Balaban J connectivity index is 1.81. The summed E-state index contributed by atoms with van der Waals surface area (Å²) in [6.45, 7) is 6.24. The molecule has 3 rings (SSSR count). The van der Waals surface area contributed by atoms with E-state index in [1.807, 2.05) is 26.1 Å². The summed E-state index contributed by atoms with van der Waals surface area (Å²) in [5.74, 6) is -1.01. The number of aliphatic hydroxyl groups is 1. The standard InChI is InChI=1S/C19H28ClNO7/c1-11(2)5-6-13-17(3,28-13)19(24)15(25-4)12(7-8-18(19)10-26-18)27-16(23)21-14(22)9-20/h5,12-13,15,24H,6-10H2,1-4H3,(H,21,22,23)/t12-,13-,15-,17+,18+,19+/m1/s1. The van der Waals surface area contributed by atoms with Crippen molar-refractivity contribution in [1.29, 1.82) is 0 Å². The van der Waals surface area contributed by atoms with Gasteiger partial charge in [0.05, 0.1) is 12.7 Å². The van der Waals surface area contributed by atoms with E-state index in [2.05, 4.69) is 6.08 Å². The second kappa shape index (κ2) is 7.57. The van der Waals surface area contributed by atoms with Gasteiger partial charge in [-0.05, 0) is 40.0 Å². The van der Waals surface area contributed by atoms with Gasteiger partial charge in [0.15, 0.2) is 5.60 Å². The molecule has 0 bridgehead atoms. The van der Waals surface area contributed by atoms with E-state index < -0.39 is 41.0 Å². The SMILES string of the molecule is CO[C@@H]1[C@H](OC(=O)NC(=O)CCl)CC[C@]2(CO2)[C@@]1(O)[C@@]1(C)O[C@@H]1CC=C(C)C. The molecule has 2 saturated heterocycles. The van der Waals surface area contributed by atoms with Crippen LogP contribution in [0.15, 0.2) is 11.6 Å². The quantitative estimate of drug-likeness (QED) is 0.384. The Labute approximate surface area is 169 Å². The van der Waals surface area contributed by atoms with Crippen LogP contribution < -0.4 is 5.32 Å². The third kappa shape index (κ3) is 3.45. The number of carbonyl (C=O) groups is 2. The van der Waals surface area contributed by atoms with Crippen molar-refractivity contribution in [2.75, 3.05) is 19.6 Å². The van der Waals surface area contributed by atoms with Crippen molar-refractivity contribution < 1.29 is 33.6 Å². The molecule has 6 atom stereocenters. The molecule has 28 heavy (non-hydrogen) atoms. The molecular formula is C19H28ClNO7. The molecule has 2 N–H and O–H groups in total. The first-order valence-electron chi connectivity index (χ1n) is 9.40. The van der Waals surface area contributed by atoms with E-state index in [0.717, 1.165) is 5.57 Å². The molecule has 2 heterocycles. The summed E-state index contributed by atoms with van der Waals surface area (Å²) in [6.07, 6.45) is 0.873. The summed E-state index contributed by atoms with van der Waals surface area (Å²) >= 11 is 5.40. The van der Waals surface area contributed by atoms with Crippen LogP contribution in [-0.2, 0) is 23.7 Å². The van der Waals surface area contributed by atoms with Gasteiger partial charge in [-0.2, -0.15) is 0 Å². The number of methoxy groups -OCH3 is 1. The second-order valence-corrected chi connectivity index (χ2v) is 8.37. The van der Waals surface area contributed by atoms with E-state index in [-0.39, 0.29) is 12.0 Å². The molecule has 0 aromatic rings. The monoisotopic (exact) mass is 417 g/mol. The van der Waals surface area contributed by atoms with Gasteiger partial charge in [-0.15, -0.1) is 11.6 Å². The highest BCUT2D eigenvalue weighted by molar-refractivity contribution is 6.28. The van der Waals surface area contributed by atoms with E-state index in [1.54, 1.807) is 0 Å². The average molecular weight is 418 g/mol. The van der Waals surface area contributed by atoms with Gasteiger partial charge in [0.2, 0.25) is 5.91 Å². The number of carbonyl (C=O) groups excluding carboxylic acids is 2. The minimum absolute atomic E-state index is 0.198. The summed E-state index contributed by atoms with van der Waals surface area (Å²) < 4.78 is 22.7. The van der Waals surface area contributed by atoms with E-state index in [1.165, 1.54) is 7.11 Å². The van der Waals surface area contributed by atoms with Crippen LogP contribution in [0.5, 0.6) is 0 Å². The molecule has 1 spiro atoms. The first kappa shape index (κ1) is 21.5. The van der Waals surface area contributed by atoms with Crippen LogP contribution in [0.3, 0.4) is 0 Å². The number of alkyl halides is 1. The maximum absolute atomic E-state index is 12.0. The maximum Gasteiger partial charge on any atom is 0.414 e. The van der Waals surface area contributed by atoms with Crippen molar-refractivity contribution in [1.82, 2.24) is 5.32 Å². The van der Waals surface area contributed by atoms with Crippen LogP contribution in [0, 0.1) is 0 Å². The number of imide groups is 1. The normalized spacial score (nSPS) is 41.3. The second-order valence-electron chi connectivity index (χ2n) is 8.10. The number of ether oxygens (including phenoxy) is 4. The van der Waals surface area contributed by atoms with Crippen molar-refractivity contribution in [3.05, 3.63) is 11.6 Å². The molecule has 3 fully saturated rings. The van der Waals surface area contributed by atoms with E-state index in [0.29, 0.717) is 25.9 Å². The highest BCUT2D eigenvalue weighted by Crippen LogP contribution is 2.62. The van der Waals surface area contributed by atoms with Crippen LogP contribution in [0.4, 0.5) is 4.79 Å². The van der Waals surface area contributed by atoms with E-state index in [4.69, 9.17) is 30.5 Å². The maximum atomic E-state index is 12.0. The fraction of sp³-hybridized carbons (Fsp3) is 0.789. The number of halogens is 1. The minimum Gasteiger partial charge on any atom is -0.443 e. The van der Waals surface area contributed by atoms with Crippen molar-refractivity contribution in [3.63, 3.8) is 0 Å². The Morgan fingerprint density at radius 3 is 2.61 bits per heavy atom. The lowest BCUT2D eigenvalue weighted by Gasteiger charge is -2.49. The van der Waals surface area contributed by atoms with Crippen LogP contribution >= 0.6 is 11.6 Å². The molecule has 0 radical (unpaired) electrons. The van der Waals surface area contributed by atoms with Crippen molar-refractivity contribution >= 4 is 23.6 Å². The van der Waals surface area contributed by atoms with E-state index in [9.17, 15) is 14.7 Å². The summed E-state index contributed by atoms with van der Waals surface area (Å²) in [6, 6.07) is 0. The number of hydrogen-bond donors (Lipinski definition) is 2. The number of allylic oxidation sites excluding steroid dienone is 1. The number of nitrogens with one attached hydrogen (secondary N) is 1. The Hall–Kier alpha value is -1.19. The Morgan fingerprint density at radius 2 is 2.07 bits per heavy atom. The zero-order chi connectivity index (χ0) is 20.7. The lowest BCUT2D eigenvalue weighted by atomic mass is 9.64. The predicted octanol–water partition coefficient (Wildman–Crippen LogP) is 1.67. The van der Waals surface area contributed by atoms with Crippen molar-refractivity contribution in [3.8, 4) is 0 Å². The number of epoxide rings is 2. The van der Waals surface area contributed by atoms with Gasteiger partial charge in [0.1, 0.15) is 29.3 Å². The molecule has 0 aromatic heterocycles. The minimum atomic E-state index is -1.51. The average Bonchev–Trinajstić information content (AvgIpc) is 3.54. The van der Waals surface area contributed by atoms with Gasteiger partial charge in [-0.25, -0.2) is 4.79 Å². The molecule has 1 aliphatic carbocycles. The summed E-state index contributed by atoms with van der Waals surface area (Å²) in [7, 11) is 1.45. The topological polar surface area (TPSA) is 110 Å². The van der Waals surface area contributed by atoms with Crippen LogP contribution in [0.25, 0.3) is 0 Å². The Morgan fingerprint density at radius 1 is 1.39 bits per heavy atom. The lowest BCUT2D eigenvalue weighted by molar-refractivity contribution is -0.223. The van der Waals surface area contributed by atoms with Gasteiger partial charge in [0.25, 0.3) is 0 Å². The van der Waals surface area contributed by atoms with Crippen molar-refractivity contribution in [2.24, 2.45) is 0 Å². The smallest absolute Gasteiger partial charge is 0.414 e. The fourth-order valence-corrected chi connectivity index (χ4v) is 4.47. The molecule has 158 valence electrons. The molecule has 8 nitrogen and oxygen atoms in total. The molecule has 0 aromatic carbocycles. The van der Waals surface area contributed by atoms with Gasteiger partial charge >= 0.3 is 6.09 Å². The summed E-state index contributed by atoms with van der Waals surface area (Å²) in [5, 5.41) is 13.9. The molecule has 9 heteroatoms. The first-order valence-corrected chi connectivity index (χ1v) is 9.93. The third-order valence-electron chi connectivity index (χ3n) is 6.09. The summed E-state index contributed by atoms with van der Waals surface area (Å²) in [5.41, 5.74) is -2.03. The van der Waals surface area contributed by atoms with Gasteiger partial charge < -0.3 is 24.1 Å². The third-order valence-corrected chi connectivity index (χ3v) is 6.33. The molecule has 0 unspecified atom stereocenters. The highest BCUT2D eigenvalue weighted by Gasteiger charge is 2.81. The van der Waals surface area contributed by atoms with Crippen molar-refractivity contribution in [2.45, 2.75) is 75.1 Å². The van der Waals surface area contributed by atoms with Crippen LogP contribution in [0.1, 0.15) is 40.0 Å². The predicted molar refractivity (Wildman–Crippen MR) is 100 cm³/mol. The van der Waals surface area contributed by atoms with Gasteiger partial charge in [0, 0.05) is 7.11 Å². The van der Waals surface area contributed by atoms with Crippen LogP contribution in [-0.4, -0.2) is 71.8 Å². The largest absolute Gasteiger partial charge is 0.443 e. The number of amides is 2.